The molecule has 1 aliphatic rings. The number of fused-ring (bicyclic) bond motifs is 2. The molecule has 0 saturated heterocycles. The lowest BCUT2D eigenvalue weighted by atomic mass is 9.68. The van der Waals surface area contributed by atoms with Crippen LogP contribution in [0.4, 0.5) is 5.69 Å². The number of carbonyl (C=O) groups is 2. The van der Waals surface area contributed by atoms with E-state index in [0.717, 1.165) is 47.8 Å². The Labute approximate surface area is 212 Å². The SMILES string of the molecule is CCC(C)(C)C1CCc2nc3ccccc3c(C(=O)OCC(=O)Nc3ccc(OC)cc3OC)c2C1. The lowest BCUT2D eigenvalue weighted by Gasteiger charge is -2.37. The molecule has 0 aliphatic heterocycles. The van der Waals surface area contributed by atoms with Crippen molar-refractivity contribution in [3.63, 3.8) is 0 Å². The summed E-state index contributed by atoms with van der Waals surface area (Å²) in [5, 5.41) is 3.50. The average Bonchev–Trinajstić information content (AvgIpc) is 2.90. The fourth-order valence-electron chi connectivity index (χ4n) is 4.87. The van der Waals surface area contributed by atoms with Gasteiger partial charge in [0.2, 0.25) is 0 Å². The normalized spacial score (nSPS) is 15.2. The van der Waals surface area contributed by atoms with Crippen LogP contribution in [0.2, 0.25) is 0 Å². The van der Waals surface area contributed by atoms with Gasteiger partial charge in [-0.3, -0.25) is 9.78 Å². The summed E-state index contributed by atoms with van der Waals surface area (Å²) in [6, 6.07) is 12.7. The third-order valence-electron chi connectivity index (χ3n) is 7.50. The van der Waals surface area contributed by atoms with Crippen molar-refractivity contribution in [1.82, 2.24) is 4.98 Å². The number of aryl methyl sites for hydroxylation is 1. The Morgan fingerprint density at radius 3 is 2.61 bits per heavy atom. The summed E-state index contributed by atoms with van der Waals surface area (Å²) in [5.74, 6) is 0.541. The van der Waals surface area contributed by atoms with E-state index < -0.39 is 18.5 Å². The van der Waals surface area contributed by atoms with Crippen LogP contribution in [-0.4, -0.2) is 37.7 Å². The average molecular weight is 491 g/mol. The van der Waals surface area contributed by atoms with Gasteiger partial charge in [0.05, 0.1) is 31.0 Å². The second-order valence-electron chi connectivity index (χ2n) is 9.90. The molecule has 0 radical (unpaired) electrons. The first-order valence-corrected chi connectivity index (χ1v) is 12.4. The summed E-state index contributed by atoms with van der Waals surface area (Å²) >= 11 is 0. The monoisotopic (exact) mass is 490 g/mol. The van der Waals surface area contributed by atoms with E-state index in [0.29, 0.717) is 28.7 Å². The summed E-state index contributed by atoms with van der Waals surface area (Å²) in [6.07, 6.45) is 3.70. The van der Waals surface area contributed by atoms with Crippen LogP contribution >= 0.6 is 0 Å². The number of benzene rings is 2. The number of esters is 1. The number of pyridine rings is 1. The van der Waals surface area contributed by atoms with E-state index in [1.807, 2.05) is 24.3 Å². The molecule has 7 heteroatoms. The van der Waals surface area contributed by atoms with Crippen molar-refractivity contribution < 1.29 is 23.8 Å². The second-order valence-corrected chi connectivity index (χ2v) is 9.90. The second kappa shape index (κ2) is 10.6. The van der Waals surface area contributed by atoms with Gasteiger partial charge in [-0.05, 0) is 54.4 Å². The summed E-state index contributed by atoms with van der Waals surface area (Å²) in [4.78, 5) is 31.0. The molecule has 0 fully saturated rings. The molecule has 1 aliphatic carbocycles. The molecule has 0 saturated carbocycles. The number of hydrogen-bond acceptors (Lipinski definition) is 6. The van der Waals surface area contributed by atoms with E-state index in [2.05, 4.69) is 26.1 Å². The molecular formula is C29H34N2O5. The van der Waals surface area contributed by atoms with E-state index in [1.165, 1.54) is 7.11 Å². The number of carbonyl (C=O) groups excluding carboxylic acids is 2. The minimum Gasteiger partial charge on any atom is -0.497 e. The van der Waals surface area contributed by atoms with Crippen molar-refractivity contribution in [3.8, 4) is 11.5 Å². The highest BCUT2D eigenvalue weighted by Crippen LogP contribution is 2.41. The first-order valence-electron chi connectivity index (χ1n) is 12.4. The van der Waals surface area contributed by atoms with Gasteiger partial charge in [-0.15, -0.1) is 0 Å². The molecule has 190 valence electrons. The summed E-state index contributed by atoms with van der Waals surface area (Å²) in [7, 11) is 3.06. The minimum atomic E-state index is -0.503. The van der Waals surface area contributed by atoms with Crippen molar-refractivity contribution >= 4 is 28.5 Å². The van der Waals surface area contributed by atoms with Crippen LogP contribution in [-0.2, 0) is 22.4 Å². The fourth-order valence-corrected chi connectivity index (χ4v) is 4.87. The minimum absolute atomic E-state index is 0.155. The number of ether oxygens (including phenoxy) is 3. The lowest BCUT2D eigenvalue weighted by Crippen LogP contribution is -2.31. The van der Waals surface area contributed by atoms with E-state index in [9.17, 15) is 9.59 Å². The third kappa shape index (κ3) is 5.15. The molecular weight excluding hydrogens is 456 g/mol. The fraction of sp³-hybridized carbons (Fsp3) is 0.414. The van der Waals surface area contributed by atoms with Crippen LogP contribution in [0.25, 0.3) is 10.9 Å². The topological polar surface area (TPSA) is 86.8 Å². The molecule has 7 nitrogen and oxygen atoms in total. The predicted molar refractivity (Wildman–Crippen MR) is 140 cm³/mol. The molecule has 36 heavy (non-hydrogen) atoms. The predicted octanol–water partition coefficient (Wildman–Crippen LogP) is 5.59. The highest BCUT2D eigenvalue weighted by Gasteiger charge is 2.34. The number of hydrogen-bond donors (Lipinski definition) is 1. The van der Waals surface area contributed by atoms with Gasteiger partial charge >= 0.3 is 5.97 Å². The van der Waals surface area contributed by atoms with Crippen LogP contribution in [0, 0.1) is 11.3 Å². The maximum Gasteiger partial charge on any atom is 0.339 e. The van der Waals surface area contributed by atoms with Crippen molar-refractivity contribution in [2.45, 2.75) is 46.5 Å². The Bertz CT molecular complexity index is 1280. The molecule has 1 amide bonds. The summed E-state index contributed by atoms with van der Waals surface area (Å²) in [6.45, 7) is 6.36. The van der Waals surface area contributed by atoms with E-state index in [4.69, 9.17) is 19.2 Å². The molecule has 1 unspecified atom stereocenters. The van der Waals surface area contributed by atoms with Crippen molar-refractivity contribution in [2.75, 3.05) is 26.1 Å². The number of nitrogens with one attached hydrogen (secondary N) is 1. The van der Waals surface area contributed by atoms with Crippen LogP contribution in [0.1, 0.15) is 55.2 Å². The zero-order valence-electron chi connectivity index (χ0n) is 21.6. The highest BCUT2D eigenvalue weighted by molar-refractivity contribution is 6.06. The zero-order valence-corrected chi connectivity index (χ0v) is 21.6. The summed E-state index contributed by atoms with van der Waals surface area (Å²) in [5.41, 5.74) is 3.83. The molecule has 1 aromatic heterocycles. The number of anilines is 1. The van der Waals surface area contributed by atoms with Crippen molar-refractivity contribution in [3.05, 3.63) is 59.3 Å². The molecule has 2 aromatic carbocycles. The van der Waals surface area contributed by atoms with Crippen molar-refractivity contribution in [1.29, 1.82) is 0 Å². The van der Waals surface area contributed by atoms with Gasteiger partial charge in [0.15, 0.2) is 6.61 Å². The Morgan fingerprint density at radius 2 is 1.89 bits per heavy atom. The molecule has 1 heterocycles. The maximum atomic E-state index is 13.4. The number of aromatic nitrogens is 1. The van der Waals surface area contributed by atoms with Gasteiger partial charge in [0.25, 0.3) is 5.91 Å². The maximum absolute atomic E-state index is 13.4. The van der Waals surface area contributed by atoms with E-state index >= 15 is 0 Å². The van der Waals surface area contributed by atoms with Crippen LogP contribution < -0.4 is 14.8 Å². The van der Waals surface area contributed by atoms with Crippen LogP contribution in [0.5, 0.6) is 11.5 Å². The lowest BCUT2D eigenvalue weighted by molar-refractivity contribution is -0.119. The zero-order chi connectivity index (χ0) is 25.9. The van der Waals surface area contributed by atoms with Gasteiger partial charge < -0.3 is 19.5 Å². The first-order chi connectivity index (χ1) is 17.3. The van der Waals surface area contributed by atoms with Gasteiger partial charge in [-0.2, -0.15) is 0 Å². The number of nitrogens with zero attached hydrogens (tertiary/aromatic N) is 1. The molecule has 0 bridgehead atoms. The Hall–Kier alpha value is -3.61. The Morgan fingerprint density at radius 1 is 1.11 bits per heavy atom. The van der Waals surface area contributed by atoms with E-state index in [-0.39, 0.29) is 5.41 Å². The Kier molecular flexibility index (Phi) is 7.48. The Balaban J connectivity index is 1.57. The quantitative estimate of drug-likeness (QED) is 0.414. The smallest absolute Gasteiger partial charge is 0.339 e. The molecule has 4 rings (SSSR count). The molecule has 0 spiro atoms. The van der Waals surface area contributed by atoms with Crippen LogP contribution in [0.15, 0.2) is 42.5 Å². The van der Waals surface area contributed by atoms with Gasteiger partial charge in [-0.1, -0.05) is 45.4 Å². The number of para-hydroxylation sites is 1. The number of amides is 1. The van der Waals surface area contributed by atoms with Crippen LogP contribution in [0.3, 0.4) is 0 Å². The molecule has 1 atom stereocenters. The van der Waals surface area contributed by atoms with Gasteiger partial charge in [-0.25, -0.2) is 4.79 Å². The van der Waals surface area contributed by atoms with Crippen molar-refractivity contribution in [2.24, 2.45) is 11.3 Å². The standard InChI is InChI=1S/C29H34N2O5/c1-6-29(2,3)18-11-13-23-21(15-18)27(20-9-7-8-10-22(20)30-23)28(33)36-17-26(32)31-24-14-12-19(34-4)16-25(24)35-5/h7-10,12,14,16,18H,6,11,13,15,17H2,1-5H3,(H,31,32). The number of rotatable bonds is 8. The largest absolute Gasteiger partial charge is 0.497 e. The van der Waals surface area contributed by atoms with Gasteiger partial charge in [0.1, 0.15) is 11.5 Å². The first kappa shape index (κ1) is 25.5. The number of methoxy groups -OCH3 is 2. The third-order valence-corrected chi connectivity index (χ3v) is 7.50. The van der Waals surface area contributed by atoms with E-state index in [1.54, 1.807) is 25.3 Å². The summed E-state index contributed by atoms with van der Waals surface area (Å²) < 4.78 is 16.1. The molecule has 1 N–H and O–H groups in total. The highest BCUT2D eigenvalue weighted by atomic mass is 16.5. The van der Waals surface area contributed by atoms with Gasteiger partial charge in [0, 0.05) is 17.1 Å². The molecule has 3 aromatic rings.